The van der Waals surface area contributed by atoms with Crippen molar-refractivity contribution in [3.05, 3.63) is 59.2 Å². The molecular formula is C22H22N4OS. The number of rotatable bonds is 4. The van der Waals surface area contributed by atoms with Crippen molar-refractivity contribution in [1.29, 1.82) is 5.26 Å². The molecule has 1 saturated heterocycles. The zero-order valence-electron chi connectivity index (χ0n) is 16.0. The lowest BCUT2D eigenvalue weighted by atomic mass is 9.75. The molecule has 2 aromatic carbocycles. The molecule has 2 aromatic rings. The molecule has 1 aliphatic heterocycles. The average molecular weight is 391 g/mol. The molecule has 1 amide bonds. The van der Waals surface area contributed by atoms with Crippen LogP contribution in [-0.4, -0.2) is 23.6 Å². The Morgan fingerprint density at radius 3 is 2.39 bits per heavy atom. The van der Waals surface area contributed by atoms with Crippen molar-refractivity contribution in [2.24, 2.45) is 0 Å². The standard InChI is InChI=1S/C22H22N4OS/c1-15-12-19(9-6-17(15)13-23)25-20(27)22(10-3-11-22)26(21(25)28)18-7-4-16(5-8-18)14-24-2/h4-9,12,24H,3,10-11,14H2,1-2H3. The molecule has 0 bridgehead atoms. The maximum Gasteiger partial charge on any atom is 0.259 e. The highest BCUT2D eigenvalue weighted by atomic mass is 32.1. The Morgan fingerprint density at radius 2 is 1.86 bits per heavy atom. The lowest BCUT2D eigenvalue weighted by Crippen LogP contribution is -2.55. The third kappa shape index (κ3) is 2.70. The predicted octanol–water partition coefficient (Wildman–Crippen LogP) is 3.65. The van der Waals surface area contributed by atoms with Crippen molar-refractivity contribution in [3.63, 3.8) is 0 Å². The summed E-state index contributed by atoms with van der Waals surface area (Å²) < 4.78 is 0. The van der Waals surface area contributed by atoms with Crippen molar-refractivity contribution in [2.45, 2.75) is 38.3 Å². The van der Waals surface area contributed by atoms with E-state index in [2.05, 4.69) is 23.5 Å². The Hall–Kier alpha value is -2.75. The highest BCUT2D eigenvalue weighted by Crippen LogP contribution is 2.47. The number of aryl methyl sites for hydroxylation is 1. The second-order valence-corrected chi connectivity index (χ2v) is 7.82. The number of amides is 1. The van der Waals surface area contributed by atoms with Crippen LogP contribution < -0.4 is 15.1 Å². The van der Waals surface area contributed by atoms with Gasteiger partial charge in [-0.2, -0.15) is 5.26 Å². The molecule has 1 saturated carbocycles. The van der Waals surface area contributed by atoms with Gasteiger partial charge in [-0.3, -0.25) is 9.69 Å². The fourth-order valence-electron chi connectivity index (χ4n) is 4.09. The van der Waals surface area contributed by atoms with Gasteiger partial charge >= 0.3 is 0 Å². The fourth-order valence-corrected chi connectivity index (χ4v) is 4.56. The number of benzene rings is 2. The Kier molecular flexibility index (Phi) is 4.66. The summed E-state index contributed by atoms with van der Waals surface area (Å²) >= 11 is 5.79. The second kappa shape index (κ2) is 7.01. The molecule has 2 aliphatic rings. The fraction of sp³-hybridized carbons (Fsp3) is 0.318. The van der Waals surface area contributed by atoms with Gasteiger partial charge in [-0.1, -0.05) is 12.1 Å². The number of anilines is 2. The molecule has 6 heteroatoms. The second-order valence-electron chi connectivity index (χ2n) is 7.45. The Balaban J connectivity index is 1.74. The Morgan fingerprint density at radius 1 is 1.18 bits per heavy atom. The predicted molar refractivity (Wildman–Crippen MR) is 114 cm³/mol. The van der Waals surface area contributed by atoms with E-state index in [0.717, 1.165) is 42.7 Å². The molecule has 0 radical (unpaired) electrons. The number of nitriles is 1. The average Bonchev–Trinajstić information content (AvgIpc) is 2.89. The zero-order valence-corrected chi connectivity index (χ0v) is 16.8. The number of nitrogens with zero attached hydrogens (tertiary/aromatic N) is 3. The molecule has 0 aromatic heterocycles. The van der Waals surface area contributed by atoms with Crippen molar-refractivity contribution < 1.29 is 4.79 Å². The first kappa shape index (κ1) is 18.6. The third-order valence-electron chi connectivity index (χ3n) is 5.76. The normalized spacial score (nSPS) is 17.8. The van der Waals surface area contributed by atoms with E-state index in [1.165, 1.54) is 5.56 Å². The monoisotopic (exact) mass is 390 g/mol. The van der Waals surface area contributed by atoms with E-state index in [0.29, 0.717) is 10.7 Å². The third-order valence-corrected chi connectivity index (χ3v) is 6.12. The molecule has 0 atom stereocenters. The molecule has 28 heavy (non-hydrogen) atoms. The van der Waals surface area contributed by atoms with Crippen LogP contribution in [0.15, 0.2) is 42.5 Å². The van der Waals surface area contributed by atoms with E-state index in [1.807, 2.05) is 43.1 Å². The summed E-state index contributed by atoms with van der Waals surface area (Å²) in [4.78, 5) is 17.1. The van der Waals surface area contributed by atoms with Gasteiger partial charge in [-0.15, -0.1) is 0 Å². The Labute approximate surface area is 170 Å². The van der Waals surface area contributed by atoms with Gasteiger partial charge in [0.2, 0.25) is 0 Å². The van der Waals surface area contributed by atoms with Gasteiger partial charge in [0.1, 0.15) is 5.54 Å². The first-order valence-electron chi connectivity index (χ1n) is 9.45. The SMILES string of the molecule is CNCc1ccc(N2C(=S)N(c3ccc(C#N)c(C)c3)C(=O)C23CCC3)cc1. The summed E-state index contributed by atoms with van der Waals surface area (Å²) in [6, 6.07) is 15.8. The smallest absolute Gasteiger partial charge is 0.259 e. The van der Waals surface area contributed by atoms with E-state index in [1.54, 1.807) is 11.0 Å². The summed E-state index contributed by atoms with van der Waals surface area (Å²) in [6.45, 7) is 2.68. The van der Waals surface area contributed by atoms with Gasteiger partial charge in [-0.05, 0) is 86.9 Å². The largest absolute Gasteiger partial charge is 0.316 e. The quantitative estimate of drug-likeness (QED) is 0.808. The molecule has 1 spiro atoms. The van der Waals surface area contributed by atoms with E-state index < -0.39 is 5.54 Å². The highest BCUT2D eigenvalue weighted by molar-refractivity contribution is 7.81. The van der Waals surface area contributed by atoms with Crippen LogP contribution in [0.5, 0.6) is 0 Å². The van der Waals surface area contributed by atoms with Crippen LogP contribution in [0.25, 0.3) is 0 Å². The summed E-state index contributed by atoms with van der Waals surface area (Å²) in [6.07, 6.45) is 2.62. The minimum Gasteiger partial charge on any atom is -0.316 e. The molecule has 1 N–H and O–H groups in total. The zero-order chi connectivity index (χ0) is 19.9. The van der Waals surface area contributed by atoms with Gasteiger partial charge in [-0.25, -0.2) is 0 Å². The van der Waals surface area contributed by atoms with Crippen LogP contribution in [0.1, 0.15) is 36.0 Å². The minimum atomic E-state index is -0.580. The summed E-state index contributed by atoms with van der Waals surface area (Å²) in [5.41, 5.74) is 3.73. The number of nitrogens with one attached hydrogen (secondary N) is 1. The maximum absolute atomic E-state index is 13.5. The molecule has 2 fully saturated rings. The van der Waals surface area contributed by atoms with Crippen LogP contribution in [0.3, 0.4) is 0 Å². The number of carbonyl (C=O) groups is 1. The van der Waals surface area contributed by atoms with Crippen molar-refractivity contribution in [3.8, 4) is 6.07 Å². The number of hydrogen-bond donors (Lipinski definition) is 1. The minimum absolute atomic E-state index is 0.0344. The van der Waals surface area contributed by atoms with Gasteiger partial charge in [0, 0.05) is 12.2 Å². The van der Waals surface area contributed by atoms with Gasteiger partial charge in [0.25, 0.3) is 5.91 Å². The number of carbonyl (C=O) groups excluding carboxylic acids is 1. The van der Waals surface area contributed by atoms with Crippen LogP contribution >= 0.6 is 12.2 Å². The van der Waals surface area contributed by atoms with Crippen molar-refractivity contribution in [1.82, 2.24) is 5.32 Å². The van der Waals surface area contributed by atoms with Crippen LogP contribution in [0, 0.1) is 18.3 Å². The molecule has 4 rings (SSSR count). The molecule has 1 heterocycles. The summed E-state index contributed by atoms with van der Waals surface area (Å²) in [5, 5.41) is 12.8. The maximum atomic E-state index is 13.5. The Bertz CT molecular complexity index is 989. The first-order chi connectivity index (χ1) is 13.5. The van der Waals surface area contributed by atoms with E-state index in [9.17, 15) is 10.1 Å². The van der Waals surface area contributed by atoms with Crippen LogP contribution in [-0.2, 0) is 11.3 Å². The van der Waals surface area contributed by atoms with Gasteiger partial charge in [0.05, 0.1) is 17.3 Å². The van der Waals surface area contributed by atoms with E-state index in [-0.39, 0.29) is 5.91 Å². The highest BCUT2D eigenvalue weighted by Gasteiger charge is 2.59. The van der Waals surface area contributed by atoms with E-state index >= 15 is 0 Å². The van der Waals surface area contributed by atoms with Gasteiger partial charge in [0.15, 0.2) is 5.11 Å². The van der Waals surface area contributed by atoms with Crippen LogP contribution in [0.4, 0.5) is 11.4 Å². The van der Waals surface area contributed by atoms with Gasteiger partial charge < -0.3 is 10.2 Å². The van der Waals surface area contributed by atoms with E-state index in [4.69, 9.17) is 12.2 Å². The number of thiocarbonyl (C=S) groups is 1. The first-order valence-corrected chi connectivity index (χ1v) is 9.86. The summed E-state index contributed by atoms with van der Waals surface area (Å²) in [5.74, 6) is 0.0344. The van der Waals surface area contributed by atoms with Crippen molar-refractivity contribution >= 4 is 34.6 Å². The molecular weight excluding hydrogens is 368 g/mol. The lowest BCUT2D eigenvalue weighted by Gasteiger charge is -2.43. The topological polar surface area (TPSA) is 59.4 Å². The molecule has 5 nitrogen and oxygen atoms in total. The number of hydrogen-bond acceptors (Lipinski definition) is 4. The molecule has 1 aliphatic carbocycles. The molecule has 142 valence electrons. The summed E-state index contributed by atoms with van der Waals surface area (Å²) in [7, 11) is 1.92. The van der Waals surface area contributed by atoms with Crippen molar-refractivity contribution in [2.75, 3.05) is 16.8 Å². The lowest BCUT2D eigenvalue weighted by molar-refractivity contribution is -0.123. The molecule has 0 unspecified atom stereocenters. The van der Waals surface area contributed by atoms with Crippen LogP contribution in [0.2, 0.25) is 0 Å².